The fourth-order valence-corrected chi connectivity index (χ4v) is 4.82. The van der Waals surface area contributed by atoms with Crippen LogP contribution in [-0.4, -0.2) is 34.2 Å². The second-order valence-electron chi connectivity index (χ2n) is 9.13. The lowest BCUT2D eigenvalue weighted by Crippen LogP contribution is -2.34. The van der Waals surface area contributed by atoms with Gasteiger partial charge in [-0.3, -0.25) is 14.4 Å². The number of fused-ring (bicyclic) bond motifs is 2. The van der Waals surface area contributed by atoms with Crippen molar-refractivity contribution < 1.29 is 14.4 Å². The number of aromatic nitrogens is 1. The maximum atomic E-state index is 13.5. The number of hydrogen-bond donors (Lipinski definition) is 3. The van der Waals surface area contributed by atoms with E-state index < -0.39 is 0 Å². The third-order valence-electron chi connectivity index (χ3n) is 6.14. The summed E-state index contributed by atoms with van der Waals surface area (Å²) < 4.78 is 1.05. The topological polar surface area (TPSA) is 136 Å². The fraction of sp³-hybridized carbons (Fsp3) is 0.172. The first kappa shape index (κ1) is 26.1. The summed E-state index contributed by atoms with van der Waals surface area (Å²) >= 11 is 1.54. The molecule has 0 saturated carbocycles. The van der Waals surface area contributed by atoms with Crippen LogP contribution in [0.25, 0.3) is 16.3 Å². The zero-order valence-corrected chi connectivity index (χ0v) is 22.2. The van der Waals surface area contributed by atoms with Gasteiger partial charge in [0.2, 0.25) is 0 Å². The summed E-state index contributed by atoms with van der Waals surface area (Å²) in [6.45, 7) is 2.62. The lowest BCUT2D eigenvalue weighted by atomic mass is 10.0. The van der Waals surface area contributed by atoms with E-state index in [0.29, 0.717) is 40.3 Å². The Balaban J connectivity index is 1.34. The number of amides is 2. The van der Waals surface area contributed by atoms with Gasteiger partial charge >= 0.3 is 0 Å². The Morgan fingerprint density at radius 1 is 1.08 bits per heavy atom. The minimum atomic E-state index is -0.282. The molecule has 0 bridgehead atoms. The Bertz CT molecular complexity index is 1590. The minimum absolute atomic E-state index is 0.161. The molecule has 2 amide bonds. The van der Waals surface area contributed by atoms with E-state index in [1.54, 1.807) is 53.3 Å². The second-order valence-corrected chi connectivity index (χ2v) is 10.0. The molecule has 198 valence electrons. The maximum Gasteiger partial charge on any atom is 0.273 e. The molecule has 0 fully saturated rings. The van der Waals surface area contributed by atoms with E-state index in [1.807, 2.05) is 37.3 Å². The quantitative estimate of drug-likeness (QED) is 0.206. The first-order valence-corrected chi connectivity index (χ1v) is 13.4. The number of amidine groups is 1. The van der Waals surface area contributed by atoms with Gasteiger partial charge in [-0.1, -0.05) is 25.1 Å². The van der Waals surface area contributed by atoms with Crippen LogP contribution in [0.1, 0.15) is 41.3 Å². The molecular formula is C29H28N6O3S. The van der Waals surface area contributed by atoms with Gasteiger partial charge in [-0.05, 0) is 60.5 Å². The van der Waals surface area contributed by atoms with Gasteiger partial charge in [-0.2, -0.15) is 0 Å². The Hall–Kier alpha value is -4.54. The molecular weight excluding hydrogens is 512 g/mol. The van der Waals surface area contributed by atoms with Crippen molar-refractivity contribution in [3.63, 3.8) is 0 Å². The molecule has 0 aliphatic carbocycles. The third-order valence-corrected chi connectivity index (χ3v) is 6.95. The normalized spacial score (nSPS) is 12.7. The lowest BCUT2D eigenvalue weighted by Gasteiger charge is -2.22. The number of hydrogen-bond acceptors (Lipinski definition) is 8. The number of nitrogens with one attached hydrogen (secondary N) is 1. The molecule has 1 aliphatic heterocycles. The molecule has 0 atom stereocenters. The molecule has 0 saturated heterocycles. The van der Waals surface area contributed by atoms with Gasteiger partial charge in [0.25, 0.3) is 11.8 Å². The number of nitrogens with two attached hydrogens (primary N) is 2. The third kappa shape index (κ3) is 6.14. The van der Waals surface area contributed by atoms with Gasteiger partial charge in [0.15, 0.2) is 0 Å². The zero-order chi connectivity index (χ0) is 27.4. The zero-order valence-electron chi connectivity index (χ0n) is 21.4. The molecule has 0 unspecified atom stereocenters. The highest BCUT2D eigenvalue weighted by Gasteiger charge is 2.23. The van der Waals surface area contributed by atoms with E-state index in [4.69, 9.17) is 16.3 Å². The average molecular weight is 541 g/mol. The minimum Gasteiger partial charge on any atom is -0.399 e. The van der Waals surface area contributed by atoms with E-state index >= 15 is 0 Å². The fourth-order valence-electron chi connectivity index (χ4n) is 4.16. The predicted octanol–water partition coefficient (Wildman–Crippen LogP) is 5.28. The molecule has 39 heavy (non-hydrogen) atoms. The number of thiazole rings is 1. The van der Waals surface area contributed by atoms with E-state index in [-0.39, 0.29) is 30.7 Å². The van der Waals surface area contributed by atoms with Gasteiger partial charge < -0.3 is 16.8 Å². The van der Waals surface area contributed by atoms with Crippen molar-refractivity contribution in [3.05, 3.63) is 88.4 Å². The summed E-state index contributed by atoms with van der Waals surface area (Å²) in [4.78, 5) is 41.1. The Labute approximate surface area is 229 Å². The Morgan fingerprint density at radius 3 is 2.69 bits per heavy atom. The standard InChI is InChI=1S/C29H28N6O3S/c1-2-11-35(38-16-18-3-7-22(30)8-4-18)29(37)21-12-19-5-6-20(13-24(19)34-27(31)14-21)28(36)33-23-9-10-26-25(15-23)32-17-39-26/h3-10,12-13,15,17H,2,11,14,16,30H2,1H3,(H2,31,34)(H,33,36). The number of nitrogen functional groups attached to an aromatic ring is 1. The summed E-state index contributed by atoms with van der Waals surface area (Å²) in [5.74, 6) is -0.289. The van der Waals surface area contributed by atoms with Crippen molar-refractivity contribution in [1.29, 1.82) is 0 Å². The van der Waals surface area contributed by atoms with Crippen LogP contribution in [0, 0.1) is 0 Å². The SMILES string of the molecule is CCCN(OCc1ccc(N)cc1)C(=O)C1=Cc2ccc(C(=O)Nc3ccc4scnc4c3)cc2N=C(N)C1. The highest BCUT2D eigenvalue weighted by Crippen LogP contribution is 2.29. The molecule has 1 aromatic heterocycles. The largest absolute Gasteiger partial charge is 0.399 e. The van der Waals surface area contributed by atoms with Crippen LogP contribution >= 0.6 is 11.3 Å². The number of nitrogens with zero attached hydrogens (tertiary/aromatic N) is 3. The van der Waals surface area contributed by atoms with Gasteiger partial charge in [0.1, 0.15) is 12.4 Å². The average Bonchev–Trinajstić information content (AvgIpc) is 3.32. The highest BCUT2D eigenvalue weighted by atomic mass is 32.1. The van der Waals surface area contributed by atoms with E-state index in [1.165, 1.54) is 5.06 Å². The van der Waals surface area contributed by atoms with Crippen LogP contribution in [0.4, 0.5) is 17.1 Å². The van der Waals surface area contributed by atoms with Gasteiger partial charge in [-0.15, -0.1) is 11.3 Å². The summed E-state index contributed by atoms with van der Waals surface area (Å²) in [6, 6.07) is 18.1. The van der Waals surface area contributed by atoms with Gasteiger partial charge in [0.05, 0.1) is 21.4 Å². The molecule has 4 aromatic rings. The molecule has 5 N–H and O–H groups in total. The molecule has 9 nitrogen and oxygen atoms in total. The lowest BCUT2D eigenvalue weighted by molar-refractivity contribution is -0.187. The molecule has 3 aromatic carbocycles. The second kappa shape index (κ2) is 11.5. The first-order chi connectivity index (χ1) is 18.9. The number of benzene rings is 3. The molecule has 10 heteroatoms. The summed E-state index contributed by atoms with van der Waals surface area (Å²) in [7, 11) is 0. The van der Waals surface area contributed by atoms with Crippen LogP contribution in [-0.2, 0) is 16.2 Å². The summed E-state index contributed by atoms with van der Waals surface area (Å²) in [5, 5.41) is 4.27. The maximum absolute atomic E-state index is 13.5. The molecule has 0 radical (unpaired) electrons. The van der Waals surface area contributed by atoms with Crippen molar-refractivity contribution in [2.45, 2.75) is 26.4 Å². The van der Waals surface area contributed by atoms with Crippen molar-refractivity contribution in [2.75, 3.05) is 17.6 Å². The summed E-state index contributed by atoms with van der Waals surface area (Å²) in [5.41, 5.74) is 18.9. The first-order valence-electron chi connectivity index (χ1n) is 12.5. The number of rotatable bonds is 8. The summed E-state index contributed by atoms with van der Waals surface area (Å²) in [6.07, 6.45) is 2.64. The van der Waals surface area contributed by atoms with Gasteiger partial charge in [-0.25, -0.2) is 15.0 Å². The highest BCUT2D eigenvalue weighted by molar-refractivity contribution is 7.16. The Morgan fingerprint density at radius 2 is 1.90 bits per heavy atom. The number of hydroxylamine groups is 2. The molecule has 2 heterocycles. The van der Waals surface area contributed by atoms with Crippen molar-refractivity contribution in [1.82, 2.24) is 10.0 Å². The van der Waals surface area contributed by atoms with Crippen LogP contribution in [0.3, 0.4) is 0 Å². The predicted molar refractivity (Wildman–Crippen MR) is 156 cm³/mol. The number of carbonyl (C=O) groups is 2. The number of anilines is 2. The van der Waals surface area contributed by atoms with Crippen LogP contribution < -0.4 is 16.8 Å². The van der Waals surface area contributed by atoms with Crippen molar-refractivity contribution >= 4 is 62.3 Å². The number of aliphatic imine (C=N–C) groups is 1. The smallest absolute Gasteiger partial charge is 0.273 e. The van der Waals surface area contributed by atoms with E-state index in [2.05, 4.69) is 15.3 Å². The molecule has 1 aliphatic rings. The molecule has 5 rings (SSSR count). The van der Waals surface area contributed by atoms with E-state index in [0.717, 1.165) is 22.2 Å². The monoisotopic (exact) mass is 540 g/mol. The van der Waals surface area contributed by atoms with Crippen LogP contribution in [0.2, 0.25) is 0 Å². The van der Waals surface area contributed by atoms with Crippen LogP contribution in [0.15, 0.2) is 76.7 Å². The Kier molecular flexibility index (Phi) is 7.67. The van der Waals surface area contributed by atoms with Crippen molar-refractivity contribution in [2.24, 2.45) is 10.7 Å². The molecule has 0 spiro atoms. The van der Waals surface area contributed by atoms with E-state index in [9.17, 15) is 9.59 Å². The van der Waals surface area contributed by atoms with Crippen molar-refractivity contribution in [3.8, 4) is 0 Å². The van der Waals surface area contributed by atoms with Gasteiger partial charge in [0, 0.05) is 41.0 Å². The number of carbonyl (C=O) groups excluding carboxylic acids is 2. The van der Waals surface area contributed by atoms with Crippen LogP contribution in [0.5, 0.6) is 0 Å².